The Bertz CT molecular complexity index is 1090. The molecule has 0 bridgehead atoms. The molecule has 3 aromatic rings. The number of allylic oxidation sites excluding steroid dienone is 2. The van der Waals surface area contributed by atoms with E-state index < -0.39 is 29.3 Å². The maximum atomic E-state index is 13.9. The van der Waals surface area contributed by atoms with Gasteiger partial charge in [-0.1, -0.05) is 39.7 Å². The predicted molar refractivity (Wildman–Crippen MR) is 103 cm³/mol. The molecule has 0 saturated heterocycles. The second-order valence-corrected chi connectivity index (χ2v) is 8.46. The van der Waals surface area contributed by atoms with Crippen LogP contribution in [0.3, 0.4) is 0 Å². The number of carbonyl (C=O) groups excluding carboxylic acids is 1. The molecule has 28 heavy (non-hydrogen) atoms. The summed E-state index contributed by atoms with van der Waals surface area (Å²) in [6.45, 7) is 0. The average Bonchev–Trinajstić information content (AvgIpc) is 3.28. The molecule has 0 fully saturated rings. The lowest BCUT2D eigenvalue weighted by Crippen LogP contribution is -2.35. The van der Waals surface area contributed by atoms with Crippen LogP contribution in [0.5, 0.6) is 0 Å². The molecule has 1 N–H and O–H groups in total. The lowest BCUT2D eigenvalue weighted by molar-refractivity contribution is -0.0918. The monoisotopic (exact) mass is 488 g/mol. The number of aromatic nitrogens is 3. The number of hydrogen-bond acceptors (Lipinski definition) is 5. The Hall–Kier alpha value is -2.17. The van der Waals surface area contributed by atoms with Gasteiger partial charge in [-0.05, 0) is 29.8 Å². The minimum atomic E-state index is -4.79. The fraction of sp³-hybridized carbons (Fsp3) is 0.118. The van der Waals surface area contributed by atoms with E-state index in [2.05, 4.69) is 31.3 Å². The van der Waals surface area contributed by atoms with E-state index in [0.29, 0.717) is 9.90 Å². The van der Waals surface area contributed by atoms with Crippen LogP contribution in [0.2, 0.25) is 4.34 Å². The largest absolute Gasteiger partial charge is 0.431 e. The van der Waals surface area contributed by atoms with Gasteiger partial charge in [0.05, 0.1) is 14.8 Å². The highest BCUT2D eigenvalue weighted by Crippen LogP contribution is 2.42. The van der Waals surface area contributed by atoms with Crippen LogP contribution in [0.15, 0.2) is 58.5 Å². The van der Waals surface area contributed by atoms with Crippen molar-refractivity contribution in [1.29, 1.82) is 0 Å². The number of hydrogen-bond donors (Lipinski definition) is 1. The van der Waals surface area contributed by atoms with Crippen LogP contribution in [0.25, 0.3) is 0 Å². The van der Waals surface area contributed by atoms with E-state index in [1.807, 2.05) is 0 Å². The quantitative estimate of drug-likeness (QED) is 0.496. The smallest absolute Gasteiger partial charge is 0.320 e. The second-order valence-electron chi connectivity index (χ2n) is 5.83. The number of rotatable bonds is 3. The summed E-state index contributed by atoms with van der Waals surface area (Å²) in [5.41, 5.74) is -1.16. The molecule has 2 aromatic heterocycles. The SMILES string of the molecule is O=C(C1=C(C(F)(F)F)Nc2ncnn2[C@@H]1c1ccc(Br)cc1)c1ccc(Cl)s1. The molecule has 0 radical (unpaired) electrons. The number of thiophene rings is 1. The van der Waals surface area contributed by atoms with E-state index in [-0.39, 0.29) is 10.8 Å². The topological polar surface area (TPSA) is 59.8 Å². The highest BCUT2D eigenvalue weighted by Gasteiger charge is 2.46. The number of benzene rings is 1. The third-order valence-corrected chi connectivity index (χ3v) is 5.87. The molecule has 4 rings (SSSR count). The molecule has 1 aliphatic rings. The van der Waals surface area contributed by atoms with Gasteiger partial charge in [0.1, 0.15) is 18.1 Å². The van der Waals surface area contributed by atoms with Crippen molar-refractivity contribution in [3.8, 4) is 0 Å². The molecule has 0 unspecified atom stereocenters. The first-order valence-electron chi connectivity index (χ1n) is 7.79. The van der Waals surface area contributed by atoms with Crippen molar-refractivity contribution in [3.63, 3.8) is 0 Å². The first kappa shape index (κ1) is 19.2. The molecule has 1 aliphatic heterocycles. The van der Waals surface area contributed by atoms with E-state index in [1.165, 1.54) is 16.8 Å². The molecular weight excluding hydrogens is 481 g/mol. The van der Waals surface area contributed by atoms with Crippen LogP contribution in [0.4, 0.5) is 19.1 Å². The molecule has 1 aromatic carbocycles. The van der Waals surface area contributed by atoms with Crippen LogP contribution in [-0.4, -0.2) is 26.7 Å². The van der Waals surface area contributed by atoms with Crippen LogP contribution in [0, 0.1) is 0 Å². The minimum absolute atomic E-state index is 0.0963. The summed E-state index contributed by atoms with van der Waals surface area (Å²) in [6, 6.07) is 8.42. The number of halogens is 5. The van der Waals surface area contributed by atoms with Gasteiger partial charge in [-0.3, -0.25) is 4.79 Å². The Morgan fingerprint density at radius 3 is 2.54 bits per heavy atom. The fourth-order valence-electron chi connectivity index (χ4n) is 2.95. The van der Waals surface area contributed by atoms with Gasteiger partial charge in [0.15, 0.2) is 0 Å². The lowest BCUT2D eigenvalue weighted by Gasteiger charge is -2.30. The van der Waals surface area contributed by atoms with E-state index >= 15 is 0 Å². The number of anilines is 1. The summed E-state index contributed by atoms with van der Waals surface area (Å²) in [7, 11) is 0. The highest BCUT2D eigenvalue weighted by atomic mass is 79.9. The van der Waals surface area contributed by atoms with E-state index in [1.54, 1.807) is 24.3 Å². The third kappa shape index (κ3) is 3.36. The van der Waals surface area contributed by atoms with Gasteiger partial charge in [0.2, 0.25) is 11.7 Å². The third-order valence-electron chi connectivity index (χ3n) is 4.11. The van der Waals surface area contributed by atoms with Crippen molar-refractivity contribution in [2.75, 3.05) is 5.32 Å². The summed E-state index contributed by atoms with van der Waals surface area (Å²) >= 11 is 10.1. The molecule has 3 heterocycles. The molecule has 0 saturated carbocycles. The van der Waals surface area contributed by atoms with Gasteiger partial charge in [0.25, 0.3) is 0 Å². The van der Waals surface area contributed by atoms with Crippen molar-refractivity contribution < 1.29 is 18.0 Å². The van der Waals surface area contributed by atoms with Crippen LogP contribution in [-0.2, 0) is 0 Å². The number of fused-ring (bicyclic) bond motifs is 1. The zero-order valence-electron chi connectivity index (χ0n) is 13.7. The van der Waals surface area contributed by atoms with E-state index in [9.17, 15) is 18.0 Å². The van der Waals surface area contributed by atoms with Crippen molar-refractivity contribution in [2.45, 2.75) is 12.2 Å². The molecular formula is C17H9BrClF3N4OS. The zero-order chi connectivity index (χ0) is 20.1. The maximum absolute atomic E-state index is 13.9. The van der Waals surface area contributed by atoms with Gasteiger partial charge in [-0.2, -0.15) is 23.3 Å². The van der Waals surface area contributed by atoms with Gasteiger partial charge < -0.3 is 5.32 Å². The number of ketones is 1. The predicted octanol–water partition coefficient (Wildman–Crippen LogP) is 5.47. The first-order valence-corrected chi connectivity index (χ1v) is 9.78. The highest BCUT2D eigenvalue weighted by molar-refractivity contribution is 9.10. The Morgan fingerprint density at radius 1 is 1.21 bits per heavy atom. The van der Waals surface area contributed by atoms with Crippen molar-refractivity contribution in [2.24, 2.45) is 0 Å². The van der Waals surface area contributed by atoms with Crippen LogP contribution >= 0.6 is 38.9 Å². The summed E-state index contributed by atoms with van der Waals surface area (Å²) in [5.74, 6) is -0.869. The van der Waals surface area contributed by atoms with E-state index in [0.717, 1.165) is 22.1 Å². The maximum Gasteiger partial charge on any atom is 0.431 e. The number of carbonyl (C=O) groups is 1. The Morgan fingerprint density at radius 2 is 1.93 bits per heavy atom. The molecule has 11 heteroatoms. The lowest BCUT2D eigenvalue weighted by atomic mass is 9.91. The second kappa shape index (κ2) is 7.02. The standard InChI is InChI=1S/C17H9BrClF3N4OS/c18-9-3-1-8(2-4-9)13-12(14(27)10-5-6-11(19)28-10)15(17(20,21)22)25-16-23-7-24-26(13)16/h1-7,13H,(H,23,24,25)/t13-/m1/s1. The fourth-order valence-corrected chi connectivity index (χ4v) is 4.21. The van der Waals surface area contributed by atoms with E-state index in [4.69, 9.17) is 11.6 Å². The van der Waals surface area contributed by atoms with Gasteiger partial charge in [0, 0.05) is 4.47 Å². The molecule has 0 spiro atoms. The molecule has 1 atom stereocenters. The van der Waals surface area contributed by atoms with Crippen LogP contribution in [0.1, 0.15) is 21.3 Å². The molecule has 0 amide bonds. The molecule has 5 nitrogen and oxygen atoms in total. The summed E-state index contributed by atoms with van der Waals surface area (Å²) in [5, 5.41) is 6.26. The minimum Gasteiger partial charge on any atom is -0.320 e. The zero-order valence-corrected chi connectivity index (χ0v) is 16.8. The molecule has 0 aliphatic carbocycles. The average molecular weight is 490 g/mol. The Labute approximate surface area is 174 Å². The summed E-state index contributed by atoms with van der Waals surface area (Å²) in [6.07, 6.45) is -3.66. The van der Waals surface area contributed by atoms with Crippen LogP contribution < -0.4 is 5.32 Å². The van der Waals surface area contributed by atoms with Gasteiger partial charge in [-0.25, -0.2) is 4.68 Å². The molecule has 144 valence electrons. The summed E-state index contributed by atoms with van der Waals surface area (Å²) in [4.78, 5) is 17.1. The van der Waals surface area contributed by atoms with Crippen molar-refractivity contribution in [1.82, 2.24) is 14.8 Å². The number of nitrogens with zero attached hydrogens (tertiary/aromatic N) is 3. The first-order chi connectivity index (χ1) is 13.3. The Kier molecular flexibility index (Phi) is 4.80. The van der Waals surface area contributed by atoms with Gasteiger partial charge in [-0.15, -0.1) is 11.3 Å². The summed E-state index contributed by atoms with van der Waals surface area (Å²) < 4.78 is 43.9. The number of alkyl halides is 3. The number of nitrogens with one attached hydrogen (secondary N) is 1. The van der Waals surface area contributed by atoms with Gasteiger partial charge >= 0.3 is 6.18 Å². The Balaban J connectivity index is 1.97. The number of Topliss-reactive ketones (excluding diaryl/α,β-unsaturated/α-hetero) is 1. The van der Waals surface area contributed by atoms with Crippen molar-refractivity contribution >= 4 is 50.6 Å². The van der Waals surface area contributed by atoms with Crippen molar-refractivity contribution in [3.05, 3.63) is 73.2 Å². The normalized spacial score (nSPS) is 16.7.